The molecule has 0 aliphatic carbocycles. The molecule has 3 aromatic rings. The van der Waals surface area contributed by atoms with E-state index < -0.39 is 41.1 Å². The average molecular weight is 499 g/mol. The van der Waals surface area contributed by atoms with Gasteiger partial charge in [-0.25, -0.2) is 18.6 Å². The van der Waals surface area contributed by atoms with Crippen LogP contribution in [0.25, 0.3) is 5.76 Å². The van der Waals surface area contributed by atoms with Crippen molar-refractivity contribution in [2.45, 2.75) is 26.8 Å². The number of halogens is 2. The fraction of sp³-hybridized carbons (Fsp3) is 0.200. The molecule has 0 radical (unpaired) electrons. The molecule has 1 saturated heterocycles. The second kappa shape index (κ2) is 9.38. The number of nitrogens with zero attached hydrogens (tertiary/aromatic N) is 2. The number of carbonyl (C=O) groups is 3. The first kappa shape index (κ1) is 24.2. The first-order valence-corrected chi connectivity index (χ1v) is 11.4. The van der Waals surface area contributed by atoms with Crippen molar-refractivity contribution < 1.29 is 33.0 Å². The Hall–Kier alpha value is -3.92. The molecule has 10 heteroatoms. The lowest BCUT2D eigenvalue weighted by atomic mass is 9.95. The van der Waals surface area contributed by atoms with Crippen molar-refractivity contribution in [3.05, 3.63) is 86.9 Å². The SMILES string of the molecule is CCOC(=O)c1sc(N2C(=O)C(=O)C(=C(O)c3ccc(C)c(F)c3)C2c2ccc(F)cc2)nc1C. The van der Waals surface area contributed by atoms with Crippen LogP contribution < -0.4 is 4.90 Å². The molecule has 1 unspecified atom stereocenters. The Morgan fingerprint density at radius 3 is 2.46 bits per heavy atom. The number of benzene rings is 2. The van der Waals surface area contributed by atoms with Gasteiger partial charge in [-0.1, -0.05) is 35.6 Å². The highest BCUT2D eigenvalue weighted by Crippen LogP contribution is 2.44. The number of thiazole rings is 1. The minimum Gasteiger partial charge on any atom is -0.507 e. The second-order valence-corrected chi connectivity index (χ2v) is 8.79. The molecule has 1 fully saturated rings. The number of hydrogen-bond donors (Lipinski definition) is 1. The van der Waals surface area contributed by atoms with E-state index in [9.17, 15) is 28.3 Å². The minimum atomic E-state index is -1.19. The summed E-state index contributed by atoms with van der Waals surface area (Å²) >= 11 is 0.855. The zero-order valence-electron chi connectivity index (χ0n) is 19.0. The lowest BCUT2D eigenvalue weighted by molar-refractivity contribution is -0.132. The third-order valence-corrected chi connectivity index (χ3v) is 6.66. The van der Waals surface area contributed by atoms with Crippen LogP contribution in [0.5, 0.6) is 0 Å². The molecule has 180 valence electrons. The van der Waals surface area contributed by atoms with E-state index in [1.807, 2.05) is 0 Å². The molecule has 2 heterocycles. The predicted octanol–water partition coefficient (Wildman–Crippen LogP) is 4.84. The van der Waals surface area contributed by atoms with Crippen molar-refractivity contribution in [2.24, 2.45) is 0 Å². The number of aliphatic hydroxyl groups excluding tert-OH is 1. The van der Waals surface area contributed by atoms with Gasteiger partial charge < -0.3 is 9.84 Å². The molecule has 0 bridgehead atoms. The molecule has 1 aliphatic rings. The lowest BCUT2D eigenvalue weighted by Crippen LogP contribution is -2.29. The third kappa shape index (κ3) is 4.32. The van der Waals surface area contributed by atoms with Gasteiger partial charge >= 0.3 is 11.9 Å². The van der Waals surface area contributed by atoms with Gasteiger partial charge in [0.2, 0.25) is 0 Å². The fourth-order valence-corrected chi connectivity index (χ4v) is 4.74. The smallest absolute Gasteiger partial charge is 0.350 e. The highest BCUT2D eigenvalue weighted by Gasteiger charge is 2.48. The summed E-state index contributed by atoms with van der Waals surface area (Å²) < 4.78 is 32.9. The molecule has 35 heavy (non-hydrogen) atoms. The van der Waals surface area contributed by atoms with E-state index in [2.05, 4.69) is 4.98 Å². The van der Waals surface area contributed by atoms with Crippen molar-refractivity contribution in [1.29, 1.82) is 0 Å². The number of carbonyl (C=O) groups excluding carboxylic acids is 3. The summed E-state index contributed by atoms with van der Waals surface area (Å²) in [5, 5.41) is 11.1. The number of amides is 1. The number of Topliss-reactive ketones (excluding diaryl/α,β-unsaturated/α-hetero) is 1. The number of ether oxygens (including phenoxy) is 1. The number of aromatic nitrogens is 1. The summed E-state index contributed by atoms with van der Waals surface area (Å²) in [6.45, 7) is 4.89. The van der Waals surface area contributed by atoms with Gasteiger partial charge in [0.05, 0.1) is 23.9 Å². The molecule has 1 aromatic heterocycles. The van der Waals surface area contributed by atoms with Gasteiger partial charge in [0.15, 0.2) is 5.13 Å². The van der Waals surface area contributed by atoms with E-state index in [0.29, 0.717) is 16.8 Å². The maximum absolute atomic E-state index is 14.2. The van der Waals surface area contributed by atoms with Crippen LogP contribution in [0.3, 0.4) is 0 Å². The van der Waals surface area contributed by atoms with Crippen molar-refractivity contribution in [1.82, 2.24) is 4.98 Å². The van der Waals surface area contributed by atoms with Crippen LogP contribution in [0.15, 0.2) is 48.0 Å². The maximum Gasteiger partial charge on any atom is 0.350 e. The van der Waals surface area contributed by atoms with Crippen molar-refractivity contribution >= 4 is 39.9 Å². The van der Waals surface area contributed by atoms with Crippen molar-refractivity contribution in [3.63, 3.8) is 0 Å². The number of hydrogen-bond acceptors (Lipinski definition) is 7. The zero-order valence-corrected chi connectivity index (χ0v) is 19.8. The molecule has 4 rings (SSSR count). The number of anilines is 1. The van der Waals surface area contributed by atoms with Gasteiger partial charge in [-0.05, 0) is 50.1 Å². The van der Waals surface area contributed by atoms with Gasteiger partial charge in [0.25, 0.3) is 5.78 Å². The Kier molecular flexibility index (Phi) is 6.49. The van der Waals surface area contributed by atoms with E-state index in [1.165, 1.54) is 24.3 Å². The number of ketones is 1. The third-order valence-electron chi connectivity index (χ3n) is 5.53. The quantitative estimate of drug-likeness (QED) is 0.234. The van der Waals surface area contributed by atoms with Gasteiger partial charge in [0.1, 0.15) is 22.3 Å². The molecule has 0 saturated carbocycles. The minimum absolute atomic E-state index is 0.000689. The molecule has 2 aromatic carbocycles. The van der Waals surface area contributed by atoms with Crippen LogP contribution in [0.1, 0.15) is 45.0 Å². The largest absolute Gasteiger partial charge is 0.507 e. The molecule has 1 amide bonds. The fourth-order valence-electron chi connectivity index (χ4n) is 3.76. The van der Waals surface area contributed by atoms with Gasteiger partial charge in [-0.15, -0.1) is 0 Å². The molecular weight excluding hydrogens is 478 g/mol. The summed E-state index contributed by atoms with van der Waals surface area (Å²) in [5.74, 6) is -4.38. The summed E-state index contributed by atoms with van der Waals surface area (Å²) in [4.78, 5) is 44.1. The number of aliphatic hydroxyl groups is 1. The number of esters is 1. The molecule has 1 aliphatic heterocycles. The van der Waals surface area contributed by atoms with Crippen molar-refractivity contribution in [3.8, 4) is 0 Å². The number of rotatable bonds is 5. The molecular formula is C25H20F2N2O5S. The summed E-state index contributed by atoms with van der Waals surface area (Å²) in [6, 6.07) is 7.77. The normalized spacial score (nSPS) is 17.2. The topological polar surface area (TPSA) is 96.8 Å². The Labute approximate surface area is 203 Å². The molecule has 1 N–H and O–H groups in total. The summed E-state index contributed by atoms with van der Waals surface area (Å²) in [7, 11) is 0. The molecule has 7 nitrogen and oxygen atoms in total. The highest BCUT2D eigenvalue weighted by atomic mass is 32.1. The van der Waals surface area contributed by atoms with Crippen LogP contribution in [-0.4, -0.2) is 34.4 Å². The van der Waals surface area contributed by atoms with E-state index >= 15 is 0 Å². The average Bonchev–Trinajstić information content (AvgIpc) is 3.33. The maximum atomic E-state index is 14.2. The van der Waals surface area contributed by atoms with Crippen molar-refractivity contribution in [2.75, 3.05) is 11.5 Å². The van der Waals surface area contributed by atoms with Crippen LogP contribution in [0.2, 0.25) is 0 Å². The Morgan fingerprint density at radius 2 is 1.83 bits per heavy atom. The molecule has 0 spiro atoms. The standard InChI is InChI=1S/C25H20F2N2O5S/c1-4-34-24(33)22-13(3)28-25(35-22)29-19(14-7-9-16(26)10-8-14)18(21(31)23(29)32)20(30)15-6-5-12(2)17(27)11-15/h5-11,19,30H,4H2,1-3H3. The Balaban J connectivity index is 1.92. The number of aryl methyl sites for hydroxylation is 2. The van der Waals surface area contributed by atoms with Crippen LogP contribution in [0.4, 0.5) is 13.9 Å². The van der Waals surface area contributed by atoms with E-state index in [0.717, 1.165) is 34.4 Å². The lowest BCUT2D eigenvalue weighted by Gasteiger charge is -2.23. The first-order valence-electron chi connectivity index (χ1n) is 10.6. The van der Waals surface area contributed by atoms with Gasteiger partial charge in [-0.3, -0.25) is 14.5 Å². The highest BCUT2D eigenvalue weighted by molar-refractivity contribution is 7.17. The monoisotopic (exact) mass is 498 g/mol. The van der Waals surface area contributed by atoms with Crippen LogP contribution >= 0.6 is 11.3 Å². The van der Waals surface area contributed by atoms with Gasteiger partial charge in [-0.2, -0.15) is 0 Å². The zero-order chi connectivity index (χ0) is 25.4. The van der Waals surface area contributed by atoms with Crippen LogP contribution in [-0.2, 0) is 14.3 Å². The van der Waals surface area contributed by atoms with Crippen LogP contribution in [0, 0.1) is 25.5 Å². The van der Waals surface area contributed by atoms with E-state index in [1.54, 1.807) is 20.8 Å². The Bertz CT molecular complexity index is 1380. The van der Waals surface area contributed by atoms with Gasteiger partial charge in [0, 0.05) is 5.56 Å². The summed E-state index contributed by atoms with van der Waals surface area (Å²) in [5.41, 5.74) is 0.632. The predicted molar refractivity (Wildman–Crippen MR) is 125 cm³/mol. The first-order chi connectivity index (χ1) is 16.6. The Morgan fingerprint density at radius 1 is 1.14 bits per heavy atom. The van der Waals surface area contributed by atoms with E-state index in [4.69, 9.17) is 4.74 Å². The molecule has 1 atom stereocenters. The summed E-state index contributed by atoms with van der Waals surface area (Å²) in [6.07, 6.45) is 0. The van der Waals surface area contributed by atoms with E-state index in [-0.39, 0.29) is 27.8 Å². The second-order valence-electron chi connectivity index (χ2n) is 7.82.